The first-order valence-corrected chi connectivity index (χ1v) is 6.78. The van der Waals surface area contributed by atoms with Crippen molar-refractivity contribution < 1.29 is 9.90 Å². The number of benzene rings is 2. The third-order valence-corrected chi connectivity index (χ3v) is 3.70. The molecule has 0 radical (unpaired) electrons. The number of hydrogen-bond donors (Lipinski definition) is 1. The summed E-state index contributed by atoms with van der Waals surface area (Å²) in [5.74, 6) is -0.767. The van der Waals surface area contributed by atoms with Gasteiger partial charge in [0.25, 0.3) is 0 Å². The first kappa shape index (κ1) is 14.3. The number of rotatable bonds is 4. The van der Waals surface area contributed by atoms with Crippen LogP contribution in [-0.2, 0) is 10.2 Å². The molecule has 0 aliphatic heterocycles. The van der Waals surface area contributed by atoms with Gasteiger partial charge in [-0.1, -0.05) is 62.4 Å². The summed E-state index contributed by atoms with van der Waals surface area (Å²) in [5.41, 5.74) is 4.22. The SMILES string of the molecule is Cc1ccc(C(C)(C)CC(=O)O)cc1-c1ccccc1. The van der Waals surface area contributed by atoms with Gasteiger partial charge in [-0.3, -0.25) is 4.79 Å². The molecule has 0 amide bonds. The smallest absolute Gasteiger partial charge is 0.304 e. The predicted octanol–water partition coefficient (Wildman–Crippen LogP) is 4.41. The van der Waals surface area contributed by atoms with Crippen molar-refractivity contribution in [3.63, 3.8) is 0 Å². The van der Waals surface area contributed by atoms with Gasteiger partial charge in [0.1, 0.15) is 0 Å². The maximum Gasteiger partial charge on any atom is 0.304 e. The second-order valence-corrected chi connectivity index (χ2v) is 5.85. The van der Waals surface area contributed by atoms with Crippen LogP contribution in [0, 0.1) is 6.92 Å². The fourth-order valence-electron chi connectivity index (χ4n) is 2.45. The van der Waals surface area contributed by atoms with Crippen molar-refractivity contribution in [1.29, 1.82) is 0 Å². The van der Waals surface area contributed by atoms with E-state index in [1.165, 1.54) is 11.1 Å². The van der Waals surface area contributed by atoms with Crippen molar-refractivity contribution in [1.82, 2.24) is 0 Å². The average Bonchev–Trinajstić information content (AvgIpc) is 2.38. The van der Waals surface area contributed by atoms with Gasteiger partial charge in [-0.15, -0.1) is 0 Å². The minimum Gasteiger partial charge on any atom is -0.481 e. The van der Waals surface area contributed by atoms with Gasteiger partial charge < -0.3 is 5.11 Å². The number of carbonyl (C=O) groups is 1. The molecule has 0 saturated carbocycles. The molecule has 20 heavy (non-hydrogen) atoms. The Hall–Kier alpha value is -2.09. The molecular formula is C18H20O2. The Bertz CT molecular complexity index is 613. The Labute approximate surface area is 120 Å². The maximum absolute atomic E-state index is 11.0. The third-order valence-electron chi connectivity index (χ3n) is 3.70. The van der Waals surface area contributed by atoms with Crippen LogP contribution in [0.4, 0.5) is 0 Å². The molecule has 0 heterocycles. The van der Waals surface area contributed by atoms with Gasteiger partial charge in [0.2, 0.25) is 0 Å². The van der Waals surface area contributed by atoms with E-state index >= 15 is 0 Å². The zero-order valence-electron chi connectivity index (χ0n) is 12.2. The van der Waals surface area contributed by atoms with Crippen molar-refractivity contribution in [3.8, 4) is 11.1 Å². The highest BCUT2D eigenvalue weighted by Crippen LogP contribution is 2.32. The van der Waals surface area contributed by atoms with Crippen molar-refractivity contribution in [3.05, 3.63) is 59.7 Å². The number of hydrogen-bond acceptors (Lipinski definition) is 1. The summed E-state index contributed by atoms with van der Waals surface area (Å²) in [7, 11) is 0. The van der Waals surface area contributed by atoms with Crippen LogP contribution in [-0.4, -0.2) is 11.1 Å². The van der Waals surface area contributed by atoms with Gasteiger partial charge in [-0.2, -0.15) is 0 Å². The molecule has 0 aliphatic carbocycles. The monoisotopic (exact) mass is 268 g/mol. The number of carboxylic acids is 1. The lowest BCUT2D eigenvalue weighted by atomic mass is 9.80. The molecule has 0 bridgehead atoms. The van der Waals surface area contributed by atoms with Gasteiger partial charge in [-0.05, 0) is 29.2 Å². The summed E-state index contributed by atoms with van der Waals surface area (Å²) >= 11 is 0. The zero-order chi connectivity index (χ0) is 14.8. The minimum atomic E-state index is -0.767. The third kappa shape index (κ3) is 3.08. The number of aryl methyl sites for hydroxylation is 1. The molecule has 0 unspecified atom stereocenters. The minimum absolute atomic E-state index is 0.129. The van der Waals surface area contributed by atoms with Crippen LogP contribution in [0.3, 0.4) is 0 Å². The highest BCUT2D eigenvalue weighted by molar-refractivity contribution is 5.71. The first-order valence-electron chi connectivity index (χ1n) is 6.78. The van der Waals surface area contributed by atoms with E-state index < -0.39 is 5.97 Å². The lowest BCUT2D eigenvalue weighted by molar-refractivity contribution is -0.138. The summed E-state index contributed by atoms with van der Waals surface area (Å²) < 4.78 is 0. The Morgan fingerprint density at radius 1 is 1.10 bits per heavy atom. The Morgan fingerprint density at radius 3 is 2.35 bits per heavy atom. The summed E-state index contributed by atoms with van der Waals surface area (Å²) in [4.78, 5) is 11.0. The first-order chi connectivity index (χ1) is 9.40. The Balaban J connectivity index is 2.46. The van der Waals surface area contributed by atoms with Crippen molar-refractivity contribution in [2.45, 2.75) is 32.6 Å². The topological polar surface area (TPSA) is 37.3 Å². The fourth-order valence-corrected chi connectivity index (χ4v) is 2.45. The van der Waals surface area contributed by atoms with Crippen molar-refractivity contribution in [2.24, 2.45) is 0 Å². The lowest BCUT2D eigenvalue weighted by Gasteiger charge is -2.24. The number of carboxylic acid groups (broad SMARTS) is 1. The predicted molar refractivity (Wildman–Crippen MR) is 81.9 cm³/mol. The maximum atomic E-state index is 11.0. The van der Waals surface area contributed by atoms with Crippen LogP contribution in [0.25, 0.3) is 11.1 Å². The molecule has 1 N–H and O–H groups in total. The van der Waals surface area contributed by atoms with E-state index in [0.717, 1.165) is 11.1 Å². The highest BCUT2D eigenvalue weighted by atomic mass is 16.4. The van der Waals surface area contributed by atoms with Gasteiger partial charge in [0.15, 0.2) is 0 Å². The molecule has 2 aromatic rings. The van der Waals surface area contributed by atoms with E-state index in [1.54, 1.807) is 0 Å². The largest absolute Gasteiger partial charge is 0.481 e. The molecule has 0 aliphatic rings. The van der Waals surface area contributed by atoms with Crippen molar-refractivity contribution in [2.75, 3.05) is 0 Å². The zero-order valence-corrected chi connectivity index (χ0v) is 12.2. The molecule has 2 heteroatoms. The number of aliphatic carboxylic acids is 1. The van der Waals surface area contributed by atoms with Crippen LogP contribution in [0.1, 0.15) is 31.4 Å². The summed E-state index contributed by atoms with van der Waals surface area (Å²) in [5, 5.41) is 9.05. The molecule has 2 aromatic carbocycles. The fraction of sp³-hybridized carbons (Fsp3) is 0.278. The molecule has 0 saturated heterocycles. The molecule has 0 aromatic heterocycles. The van der Waals surface area contributed by atoms with E-state index in [2.05, 4.69) is 31.2 Å². The van der Waals surface area contributed by atoms with E-state index in [0.29, 0.717) is 0 Å². The summed E-state index contributed by atoms with van der Waals surface area (Å²) in [6.07, 6.45) is 0.129. The molecule has 0 spiro atoms. The van der Waals surface area contributed by atoms with E-state index in [1.807, 2.05) is 38.1 Å². The highest BCUT2D eigenvalue weighted by Gasteiger charge is 2.24. The van der Waals surface area contributed by atoms with Gasteiger partial charge in [0, 0.05) is 5.41 Å². The van der Waals surface area contributed by atoms with E-state index in [4.69, 9.17) is 5.11 Å². The van der Waals surface area contributed by atoms with Gasteiger partial charge in [0.05, 0.1) is 6.42 Å². The molecule has 104 valence electrons. The van der Waals surface area contributed by atoms with Crippen LogP contribution in [0.15, 0.2) is 48.5 Å². The molecular weight excluding hydrogens is 248 g/mol. The molecule has 0 atom stereocenters. The average molecular weight is 268 g/mol. The summed E-state index contributed by atoms with van der Waals surface area (Å²) in [6, 6.07) is 16.4. The molecule has 0 fully saturated rings. The van der Waals surface area contributed by atoms with Crippen LogP contribution in [0.5, 0.6) is 0 Å². The lowest BCUT2D eigenvalue weighted by Crippen LogP contribution is -2.21. The van der Waals surface area contributed by atoms with Gasteiger partial charge in [-0.25, -0.2) is 0 Å². The van der Waals surface area contributed by atoms with Crippen molar-refractivity contribution >= 4 is 5.97 Å². The van der Waals surface area contributed by atoms with E-state index in [9.17, 15) is 4.79 Å². The molecule has 2 rings (SSSR count). The van der Waals surface area contributed by atoms with Crippen LogP contribution < -0.4 is 0 Å². The summed E-state index contributed by atoms with van der Waals surface area (Å²) in [6.45, 7) is 6.03. The molecule has 2 nitrogen and oxygen atoms in total. The van der Waals surface area contributed by atoms with Gasteiger partial charge >= 0.3 is 5.97 Å². The second kappa shape index (κ2) is 5.49. The quantitative estimate of drug-likeness (QED) is 0.891. The Morgan fingerprint density at radius 2 is 1.75 bits per heavy atom. The van der Waals surface area contributed by atoms with Crippen LogP contribution in [0.2, 0.25) is 0 Å². The second-order valence-electron chi connectivity index (χ2n) is 5.85. The Kier molecular flexibility index (Phi) is 3.93. The van der Waals surface area contributed by atoms with Crippen LogP contribution >= 0.6 is 0 Å². The normalized spacial score (nSPS) is 11.3. The van der Waals surface area contributed by atoms with E-state index in [-0.39, 0.29) is 11.8 Å². The standard InChI is InChI=1S/C18H20O2/c1-13-9-10-15(18(2,3)12-17(19)20)11-16(13)14-7-5-4-6-8-14/h4-11H,12H2,1-3H3,(H,19,20).